The van der Waals surface area contributed by atoms with E-state index in [1.54, 1.807) is 6.07 Å². The highest BCUT2D eigenvalue weighted by atomic mass is 32.2. The zero-order chi connectivity index (χ0) is 13.3. The van der Waals surface area contributed by atoms with Gasteiger partial charge in [-0.05, 0) is 31.4 Å². The van der Waals surface area contributed by atoms with Crippen molar-refractivity contribution in [1.29, 1.82) is 0 Å². The van der Waals surface area contributed by atoms with Crippen LogP contribution in [0.5, 0.6) is 0 Å². The Morgan fingerprint density at radius 3 is 2.72 bits per heavy atom. The van der Waals surface area contributed by atoms with Crippen LogP contribution in [0, 0.1) is 6.92 Å². The highest BCUT2D eigenvalue weighted by molar-refractivity contribution is 7.92. The normalized spacial score (nSPS) is 18.6. The molecule has 1 aromatic carbocycles. The zero-order valence-corrected chi connectivity index (χ0v) is 11.9. The van der Waals surface area contributed by atoms with Crippen molar-refractivity contribution < 1.29 is 8.42 Å². The fraction of sp³-hybridized carbons (Fsp3) is 0.417. The molecular formula is C12H16N2O2S2. The summed E-state index contributed by atoms with van der Waals surface area (Å²) in [4.78, 5) is 0.283. The lowest BCUT2D eigenvalue weighted by atomic mass is 10.1. The van der Waals surface area contributed by atoms with Gasteiger partial charge in [0, 0.05) is 12.1 Å². The third-order valence-corrected chi connectivity index (χ3v) is 5.20. The Bertz CT molecular complexity index is 582. The molecule has 0 bridgehead atoms. The minimum Gasteiger partial charge on any atom is -0.389 e. The number of nitrogens with zero attached hydrogens (tertiary/aromatic N) is 1. The number of hydrogen-bond donors (Lipinski definition) is 1. The number of sulfonamides is 1. The first-order valence-corrected chi connectivity index (χ1v) is 7.84. The Kier molecular flexibility index (Phi) is 3.59. The summed E-state index contributed by atoms with van der Waals surface area (Å²) in [6, 6.07) is 5.44. The van der Waals surface area contributed by atoms with E-state index in [-0.39, 0.29) is 10.7 Å². The van der Waals surface area contributed by atoms with Gasteiger partial charge in [-0.25, -0.2) is 8.42 Å². The van der Waals surface area contributed by atoms with Gasteiger partial charge in [-0.2, -0.15) is 0 Å². The topological polar surface area (TPSA) is 63.4 Å². The van der Waals surface area contributed by atoms with Crippen LogP contribution in [0.4, 0.5) is 5.69 Å². The molecule has 1 aliphatic heterocycles. The van der Waals surface area contributed by atoms with Crippen molar-refractivity contribution in [3.05, 3.63) is 29.3 Å². The maximum Gasteiger partial charge on any atom is 0.235 e. The molecule has 2 rings (SSSR count). The molecule has 1 saturated heterocycles. The van der Waals surface area contributed by atoms with Crippen LogP contribution < -0.4 is 10.0 Å². The summed E-state index contributed by atoms with van der Waals surface area (Å²) >= 11 is 4.93. The molecule has 6 heteroatoms. The van der Waals surface area contributed by atoms with Crippen molar-refractivity contribution in [3.8, 4) is 0 Å². The van der Waals surface area contributed by atoms with E-state index >= 15 is 0 Å². The van der Waals surface area contributed by atoms with Crippen molar-refractivity contribution in [2.45, 2.75) is 19.8 Å². The van der Waals surface area contributed by atoms with Crippen molar-refractivity contribution in [3.63, 3.8) is 0 Å². The predicted octanol–water partition coefficient (Wildman–Crippen LogP) is 1.56. The average Bonchev–Trinajstić information content (AvgIpc) is 2.29. The van der Waals surface area contributed by atoms with Crippen LogP contribution in [-0.4, -0.2) is 25.7 Å². The van der Waals surface area contributed by atoms with E-state index in [9.17, 15) is 8.42 Å². The predicted molar refractivity (Wildman–Crippen MR) is 77.4 cm³/mol. The molecule has 18 heavy (non-hydrogen) atoms. The fourth-order valence-electron chi connectivity index (χ4n) is 2.09. The number of rotatable bonds is 2. The molecule has 0 spiro atoms. The van der Waals surface area contributed by atoms with Crippen molar-refractivity contribution in [2.75, 3.05) is 16.6 Å². The Labute approximate surface area is 113 Å². The van der Waals surface area contributed by atoms with E-state index in [0.717, 1.165) is 18.4 Å². The smallest absolute Gasteiger partial charge is 0.235 e. The van der Waals surface area contributed by atoms with Gasteiger partial charge in [0.1, 0.15) is 4.99 Å². The Balaban J connectivity index is 2.49. The molecule has 1 heterocycles. The number of hydrogen-bond acceptors (Lipinski definition) is 3. The number of anilines is 1. The SMILES string of the molecule is Cc1ccc(C(N)=S)cc1N1CCCCS1(=O)=O. The first kappa shape index (κ1) is 13.3. The van der Waals surface area contributed by atoms with Crippen molar-refractivity contribution in [2.24, 2.45) is 5.73 Å². The largest absolute Gasteiger partial charge is 0.389 e. The molecule has 0 aromatic heterocycles. The summed E-state index contributed by atoms with van der Waals surface area (Å²) in [7, 11) is -3.19. The standard InChI is InChI=1S/C12H16N2O2S2/c1-9-4-5-10(12(13)17)8-11(9)14-6-2-3-7-18(14,15)16/h4-5,8H,2-3,6-7H2,1H3,(H2,13,17). The summed E-state index contributed by atoms with van der Waals surface area (Å²) < 4.78 is 25.6. The number of thiocarbonyl (C=S) groups is 1. The van der Waals surface area contributed by atoms with Gasteiger partial charge in [-0.15, -0.1) is 0 Å². The molecule has 4 nitrogen and oxygen atoms in total. The van der Waals surface area contributed by atoms with Crippen LogP contribution in [0.15, 0.2) is 18.2 Å². The molecule has 0 saturated carbocycles. The van der Waals surface area contributed by atoms with Gasteiger partial charge in [0.2, 0.25) is 10.0 Å². The first-order chi connectivity index (χ1) is 8.42. The maximum absolute atomic E-state index is 12.1. The zero-order valence-electron chi connectivity index (χ0n) is 10.2. The summed E-state index contributed by atoms with van der Waals surface area (Å²) in [6.07, 6.45) is 1.61. The van der Waals surface area contributed by atoms with E-state index < -0.39 is 10.0 Å². The fourth-order valence-corrected chi connectivity index (χ4v) is 3.91. The second-order valence-electron chi connectivity index (χ2n) is 4.46. The lowest BCUT2D eigenvalue weighted by Crippen LogP contribution is -2.38. The molecule has 0 amide bonds. The summed E-state index contributed by atoms with van der Waals surface area (Å²) in [5.74, 6) is 0.212. The summed E-state index contributed by atoms with van der Waals surface area (Å²) in [6.45, 7) is 2.42. The lowest BCUT2D eigenvalue weighted by Gasteiger charge is -2.29. The van der Waals surface area contributed by atoms with Gasteiger partial charge in [-0.3, -0.25) is 4.31 Å². The van der Waals surface area contributed by atoms with E-state index in [1.165, 1.54) is 4.31 Å². The van der Waals surface area contributed by atoms with Crippen LogP contribution in [0.1, 0.15) is 24.0 Å². The maximum atomic E-state index is 12.1. The molecule has 0 atom stereocenters. The molecule has 0 unspecified atom stereocenters. The monoisotopic (exact) mass is 284 g/mol. The molecule has 0 aliphatic carbocycles. The quantitative estimate of drug-likeness (QED) is 0.837. The molecule has 1 aromatic rings. The van der Waals surface area contributed by atoms with Crippen molar-refractivity contribution in [1.82, 2.24) is 0 Å². The third kappa shape index (κ3) is 2.49. The molecule has 1 aliphatic rings. The van der Waals surface area contributed by atoms with Gasteiger partial charge < -0.3 is 5.73 Å². The summed E-state index contributed by atoms with van der Waals surface area (Å²) in [5, 5.41) is 0. The second-order valence-corrected chi connectivity index (χ2v) is 6.91. The van der Waals surface area contributed by atoms with Gasteiger partial charge in [0.05, 0.1) is 11.4 Å². The van der Waals surface area contributed by atoms with Gasteiger partial charge in [-0.1, -0.05) is 24.4 Å². The van der Waals surface area contributed by atoms with E-state index in [1.807, 2.05) is 19.1 Å². The van der Waals surface area contributed by atoms with Crippen molar-refractivity contribution >= 4 is 32.9 Å². The lowest BCUT2D eigenvalue weighted by molar-refractivity contribution is 0.574. The van der Waals surface area contributed by atoms with Gasteiger partial charge >= 0.3 is 0 Å². The van der Waals surface area contributed by atoms with Gasteiger partial charge in [0.25, 0.3) is 0 Å². The highest BCUT2D eigenvalue weighted by Gasteiger charge is 2.27. The van der Waals surface area contributed by atoms with Crippen LogP contribution in [-0.2, 0) is 10.0 Å². The Hall–Kier alpha value is -1.14. The third-order valence-electron chi connectivity index (χ3n) is 3.11. The number of nitrogens with two attached hydrogens (primary N) is 1. The van der Waals surface area contributed by atoms with E-state index in [2.05, 4.69) is 0 Å². The number of aryl methyl sites for hydroxylation is 1. The molecule has 0 radical (unpaired) electrons. The molecule has 2 N–H and O–H groups in total. The number of benzene rings is 1. The first-order valence-electron chi connectivity index (χ1n) is 5.83. The minimum atomic E-state index is -3.19. The Morgan fingerprint density at radius 2 is 2.11 bits per heavy atom. The average molecular weight is 284 g/mol. The van der Waals surface area contributed by atoms with E-state index in [4.69, 9.17) is 18.0 Å². The van der Waals surface area contributed by atoms with Crippen LogP contribution in [0.2, 0.25) is 0 Å². The molecule has 98 valence electrons. The van der Waals surface area contributed by atoms with Crippen LogP contribution >= 0.6 is 12.2 Å². The van der Waals surface area contributed by atoms with Crippen LogP contribution in [0.3, 0.4) is 0 Å². The van der Waals surface area contributed by atoms with E-state index in [0.29, 0.717) is 17.8 Å². The highest BCUT2D eigenvalue weighted by Crippen LogP contribution is 2.27. The van der Waals surface area contributed by atoms with Gasteiger partial charge in [0.15, 0.2) is 0 Å². The Morgan fingerprint density at radius 1 is 1.39 bits per heavy atom. The molecular weight excluding hydrogens is 268 g/mol. The van der Waals surface area contributed by atoms with Crippen LogP contribution in [0.25, 0.3) is 0 Å². The second kappa shape index (κ2) is 4.85. The molecule has 1 fully saturated rings. The summed E-state index contributed by atoms with van der Waals surface area (Å²) in [5.41, 5.74) is 7.91. The minimum absolute atomic E-state index is 0.212.